The molecule has 24 heavy (non-hydrogen) atoms. The summed E-state index contributed by atoms with van der Waals surface area (Å²) in [4.78, 5) is 19.2. The van der Waals surface area contributed by atoms with E-state index in [0.29, 0.717) is 5.69 Å². The van der Waals surface area contributed by atoms with E-state index in [9.17, 15) is 4.79 Å². The van der Waals surface area contributed by atoms with E-state index in [2.05, 4.69) is 15.2 Å². The lowest BCUT2D eigenvalue weighted by Gasteiger charge is -2.22. The average molecular weight is 323 g/mol. The van der Waals surface area contributed by atoms with Gasteiger partial charge in [0.05, 0.1) is 11.9 Å². The van der Waals surface area contributed by atoms with Crippen LogP contribution in [0, 0.1) is 13.8 Å². The molecule has 1 fully saturated rings. The molecular weight excluding hydrogens is 298 g/mol. The number of benzene rings is 1. The highest BCUT2D eigenvalue weighted by molar-refractivity contribution is 6.03. The zero-order valence-corrected chi connectivity index (χ0v) is 14.5. The Morgan fingerprint density at radius 3 is 2.46 bits per heavy atom. The van der Waals surface area contributed by atoms with Gasteiger partial charge in [0.1, 0.15) is 5.69 Å². The fraction of sp³-hybridized carbons (Fsp3) is 0.400. The molecule has 0 bridgehead atoms. The molecule has 0 radical (unpaired) electrons. The van der Waals surface area contributed by atoms with Gasteiger partial charge in [-0.05, 0) is 56.0 Å². The predicted molar refractivity (Wildman–Crippen MR) is 98.8 cm³/mol. The minimum atomic E-state index is -0.161. The quantitative estimate of drug-likeness (QED) is 0.914. The fourth-order valence-corrected chi connectivity index (χ4v) is 3.11. The summed E-state index contributed by atoms with van der Waals surface area (Å²) < 4.78 is 0. The number of hydrogen-bond acceptors (Lipinski definition) is 3. The molecule has 2 aromatic rings. The topological polar surface area (TPSA) is 45.2 Å². The molecule has 0 spiro atoms. The van der Waals surface area contributed by atoms with E-state index in [1.165, 1.54) is 25.7 Å². The summed E-state index contributed by atoms with van der Waals surface area (Å²) in [6, 6.07) is 9.75. The van der Waals surface area contributed by atoms with Gasteiger partial charge in [0.25, 0.3) is 5.91 Å². The molecule has 0 atom stereocenters. The molecule has 1 saturated heterocycles. The normalized spacial score (nSPS) is 15.0. The number of pyridine rings is 1. The Morgan fingerprint density at radius 2 is 1.79 bits per heavy atom. The molecular formula is C20H25N3O. The van der Waals surface area contributed by atoms with Crippen LogP contribution in [0.3, 0.4) is 0 Å². The number of rotatable bonds is 3. The van der Waals surface area contributed by atoms with E-state index >= 15 is 0 Å². The first-order chi connectivity index (χ1) is 11.6. The van der Waals surface area contributed by atoms with E-state index in [-0.39, 0.29) is 5.91 Å². The number of aryl methyl sites for hydroxylation is 1. The largest absolute Gasteiger partial charge is 0.370 e. The molecule has 0 unspecified atom stereocenters. The first-order valence-electron chi connectivity index (χ1n) is 8.74. The third kappa shape index (κ3) is 3.75. The van der Waals surface area contributed by atoms with Crippen LogP contribution in [0.2, 0.25) is 0 Å². The van der Waals surface area contributed by atoms with Crippen molar-refractivity contribution in [1.82, 2.24) is 4.98 Å². The summed E-state index contributed by atoms with van der Waals surface area (Å²) in [5.74, 6) is -0.161. The molecule has 1 aliphatic rings. The molecule has 4 nitrogen and oxygen atoms in total. The zero-order valence-electron chi connectivity index (χ0n) is 14.5. The minimum Gasteiger partial charge on any atom is -0.370 e. The first-order valence-corrected chi connectivity index (χ1v) is 8.74. The number of anilines is 2. The lowest BCUT2D eigenvalue weighted by Crippen LogP contribution is -2.24. The van der Waals surface area contributed by atoms with Gasteiger partial charge in [-0.15, -0.1) is 0 Å². The second-order valence-corrected chi connectivity index (χ2v) is 6.50. The summed E-state index contributed by atoms with van der Waals surface area (Å²) in [5, 5.41) is 2.96. The lowest BCUT2D eigenvalue weighted by atomic mass is 10.1. The number of nitrogens with one attached hydrogen (secondary N) is 1. The van der Waals surface area contributed by atoms with Crippen molar-refractivity contribution in [2.75, 3.05) is 23.3 Å². The van der Waals surface area contributed by atoms with Gasteiger partial charge in [-0.2, -0.15) is 0 Å². The van der Waals surface area contributed by atoms with Crippen LogP contribution in [0.1, 0.15) is 47.3 Å². The van der Waals surface area contributed by atoms with E-state index < -0.39 is 0 Å². The number of nitrogens with zero attached hydrogens (tertiary/aromatic N) is 2. The van der Waals surface area contributed by atoms with Gasteiger partial charge in [-0.3, -0.25) is 4.79 Å². The Bertz CT molecular complexity index is 701. The smallest absolute Gasteiger partial charge is 0.274 e. The summed E-state index contributed by atoms with van der Waals surface area (Å²) >= 11 is 0. The maximum atomic E-state index is 12.4. The standard InChI is InChI=1S/C20H25N3O/c1-15-8-7-9-18(16(15)2)22-20(24)19-11-10-17(14-21-19)23-12-5-3-4-6-13-23/h7-11,14H,3-6,12-13H2,1-2H3,(H,22,24). The molecule has 2 heterocycles. The van der Waals surface area contributed by atoms with Gasteiger partial charge >= 0.3 is 0 Å². The van der Waals surface area contributed by atoms with Gasteiger partial charge in [0.15, 0.2) is 0 Å². The maximum Gasteiger partial charge on any atom is 0.274 e. The number of carbonyl (C=O) groups is 1. The van der Waals surface area contributed by atoms with Crippen molar-refractivity contribution >= 4 is 17.3 Å². The Morgan fingerprint density at radius 1 is 1.04 bits per heavy atom. The van der Waals surface area contributed by atoms with Crippen molar-refractivity contribution < 1.29 is 4.79 Å². The Hall–Kier alpha value is -2.36. The van der Waals surface area contributed by atoms with Gasteiger partial charge in [0, 0.05) is 18.8 Å². The molecule has 126 valence electrons. The minimum absolute atomic E-state index is 0.161. The van der Waals surface area contributed by atoms with Crippen molar-refractivity contribution in [2.24, 2.45) is 0 Å². The van der Waals surface area contributed by atoms with E-state index in [1.54, 1.807) is 0 Å². The van der Waals surface area contributed by atoms with Gasteiger partial charge < -0.3 is 10.2 Å². The molecule has 1 aromatic carbocycles. The van der Waals surface area contributed by atoms with Gasteiger partial charge in [-0.25, -0.2) is 4.98 Å². The van der Waals surface area contributed by atoms with Gasteiger partial charge in [0.2, 0.25) is 0 Å². The molecule has 3 rings (SSSR count). The third-order valence-corrected chi connectivity index (χ3v) is 4.80. The van der Waals surface area contributed by atoms with Crippen molar-refractivity contribution in [2.45, 2.75) is 39.5 Å². The van der Waals surface area contributed by atoms with E-state index in [4.69, 9.17) is 0 Å². The van der Waals surface area contributed by atoms with Crippen LogP contribution >= 0.6 is 0 Å². The molecule has 1 N–H and O–H groups in total. The Labute approximate surface area is 143 Å². The number of amides is 1. The predicted octanol–water partition coefficient (Wildman–Crippen LogP) is 4.33. The molecule has 1 aliphatic heterocycles. The van der Waals surface area contributed by atoms with Crippen LogP contribution in [0.15, 0.2) is 36.5 Å². The van der Waals surface area contributed by atoms with Crippen LogP contribution in [-0.4, -0.2) is 24.0 Å². The average Bonchev–Trinajstić information content (AvgIpc) is 2.88. The monoisotopic (exact) mass is 323 g/mol. The van der Waals surface area contributed by atoms with Crippen LogP contribution in [0.25, 0.3) is 0 Å². The van der Waals surface area contributed by atoms with E-state index in [0.717, 1.165) is 35.6 Å². The second kappa shape index (κ2) is 7.47. The highest BCUT2D eigenvalue weighted by Gasteiger charge is 2.13. The van der Waals surface area contributed by atoms with Crippen LogP contribution in [0.4, 0.5) is 11.4 Å². The highest BCUT2D eigenvalue weighted by Crippen LogP contribution is 2.21. The van der Waals surface area contributed by atoms with Gasteiger partial charge in [-0.1, -0.05) is 25.0 Å². The number of aromatic nitrogens is 1. The molecule has 1 amide bonds. The second-order valence-electron chi connectivity index (χ2n) is 6.50. The van der Waals surface area contributed by atoms with Crippen LogP contribution < -0.4 is 10.2 Å². The van der Waals surface area contributed by atoms with Crippen molar-refractivity contribution in [1.29, 1.82) is 0 Å². The lowest BCUT2D eigenvalue weighted by molar-refractivity contribution is 0.102. The molecule has 0 aliphatic carbocycles. The highest BCUT2D eigenvalue weighted by atomic mass is 16.1. The summed E-state index contributed by atoms with van der Waals surface area (Å²) in [6.45, 7) is 6.21. The maximum absolute atomic E-state index is 12.4. The summed E-state index contributed by atoms with van der Waals surface area (Å²) in [7, 11) is 0. The third-order valence-electron chi connectivity index (χ3n) is 4.80. The van der Waals surface area contributed by atoms with Crippen molar-refractivity contribution in [3.05, 3.63) is 53.3 Å². The van der Waals surface area contributed by atoms with Crippen molar-refractivity contribution in [3.63, 3.8) is 0 Å². The Kier molecular flexibility index (Phi) is 5.14. The summed E-state index contributed by atoms with van der Waals surface area (Å²) in [6.07, 6.45) is 6.90. The SMILES string of the molecule is Cc1cccc(NC(=O)c2ccc(N3CCCCCC3)cn2)c1C. The van der Waals surface area contributed by atoms with Crippen LogP contribution in [0.5, 0.6) is 0 Å². The van der Waals surface area contributed by atoms with Crippen molar-refractivity contribution in [3.8, 4) is 0 Å². The summed E-state index contributed by atoms with van der Waals surface area (Å²) in [5.41, 5.74) is 4.66. The Balaban J connectivity index is 1.70. The fourth-order valence-electron chi connectivity index (χ4n) is 3.11. The number of carbonyl (C=O) groups excluding carboxylic acids is 1. The van der Waals surface area contributed by atoms with Crippen LogP contribution in [-0.2, 0) is 0 Å². The molecule has 4 heteroatoms. The van der Waals surface area contributed by atoms with E-state index in [1.807, 2.05) is 50.4 Å². The zero-order chi connectivity index (χ0) is 16.9. The number of hydrogen-bond donors (Lipinski definition) is 1. The molecule has 1 aromatic heterocycles. The molecule has 0 saturated carbocycles. The first kappa shape index (κ1) is 16.5.